The normalized spacial score (nSPS) is 15.0. The maximum Gasteiger partial charge on any atom is 0.241 e. The van der Waals surface area contributed by atoms with Gasteiger partial charge in [0.1, 0.15) is 0 Å². The molecule has 7 heteroatoms. The molecule has 0 spiro atoms. The van der Waals surface area contributed by atoms with Crippen LogP contribution in [0.2, 0.25) is 0 Å². The van der Waals surface area contributed by atoms with Crippen molar-refractivity contribution in [3.63, 3.8) is 0 Å². The van der Waals surface area contributed by atoms with Crippen LogP contribution in [-0.4, -0.2) is 47.0 Å². The first-order valence-electron chi connectivity index (χ1n) is 8.90. The molecule has 0 aliphatic carbocycles. The van der Waals surface area contributed by atoms with Gasteiger partial charge in [0.05, 0.1) is 24.7 Å². The molecule has 1 saturated heterocycles. The van der Waals surface area contributed by atoms with E-state index in [0.717, 1.165) is 24.3 Å². The fourth-order valence-corrected chi connectivity index (χ4v) is 4.33. The van der Waals surface area contributed by atoms with Gasteiger partial charge in [-0.15, -0.1) is 0 Å². The van der Waals surface area contributed by atoms with Gasteiger partial charge < -0.3 is 9.64 Å². The number of carbonyl (C=O) groups excluding carboxylic acids is 1. The topological polar surface area (TPSA) is 75.7 Å². The van der Waals surface area contributed by atoms with Gasteiger partial charge in [-0.05, 0) is 49.7 Å². The standard InChI is InChI=1S/C20H24N2O4S/c1-15-3-8-20(16(2)13-15)27(24,25)21-14-19(23)17-4-6-18(7-5-17)22-9-11-26-12-10-22/h3-8,13,21H,9-12,14H2,1-2H3. The highest BCUT2D eigenvalue weighted by atomic mass is 32.2. The van der Waals surface area contributed by atoms with Crippen molar-refractivity contribution in [2.24, 2.45) is 0 Å². The van der Waals surface area contributed by atoms with Crippen LogP contribution < -0.4 is 9.62 Å². The van der Waals surface area contributed by atoms with Crippen molar-refractivity contribution in [3.8, 4) is 0 Å². The Hall–Kier alpha value is -2.22. The summed E-state index contributed by atoms with van der Waals surface area (Å²) >= 11 is 0. The van der Waals surface area contributed by atoms with E-state index in [4.69, 9.17) is 4.74 Å². The lowest BCUT2D eigenvalue weighted by atomic mass is 10.1. The lowest BCUT2D eigenvalue weighted by molar-refractivity contribution is 0.0997. The minimum atomic E-state index is -3.73. The number of ether oxygens (including phenoxy) is 1. The van der Waals surface area contributed by atoms with Crippen LogP contribution in [0.3, 0.4) is 0 Å². The Kier molecular flexibility index (Phi) is 5.94. The predicted octanol–water partition coefficient (Wildman–Crippen LogP) is 2.30. The van der Waals surface area contributed by atoms with E-state index in [1.165, 1.54) is 0 Å². The summed E-state index contributed by atoms with van der Waals surface area (Å²) in [6.07, 6.45) is 0. The Morgan fingerprint density at radius 1 is 1.07 bits per heavy atom. The zero-order chi connectivity index (χ0) is 19.4. The molecule has 27 heavy (non-hydrogen) atoms. The SMILES string of the molecule is Cc1ccc(S(=O)(=O)NCC(=O)c2ccc(N3CCOCC3)cc2)c(C)c1. The van der Waals surface area contributed by atoms with Gasteiger partial charge in [0.2, 0.25) is 10.0 Å². The molecule has 0 bridgehead atoms. The lowest BCUT2D eigenvalue weighted by Crippen LogP contribution is -2.36. The van der Waals surface area contributed by atoms with Gasteiger partial charge in [-0.2, -0.15) is 0 Å². The minimum Gasteiger partial charge on any atom is -0.378 e. The number of benzene rings is 2. The van der Waals surface area contributed by atoms with Crippen LogP contribution in [0, 0.1) is 13.8 Å². The predicted molar refractivity (Wildman–Crippen MR) is 105 cm³/mol. The number of aryl methyl sites for hydroxylation is 2. The van der Waals surface area contributed by atoms with E-state index in [2.05, 4.69) is 9.62 Å². The molecule has 2 aromatic rings. The van der Waals surface area contributed by atoms with E-state index >= 15 is 0 Å². The van der Waals surface area contributed by atoms with Crippen LogP contribution in [0.4, 0.5) is 5.69 Å². The van der Waals surface area contributed by atoms with E-state index in [1.54, 1.807) is 37.3 Å². The summed E-state index contributed by atoms with van der Waals surface area (Å²) in [5, 5.41) is 0. The summed E-state index contributed by atoms with van der Waals surface area (Å²) in [7, 11) is -3.73. The Bertz CT molecular complexity index is 917. The second-order valence-electron chi connectivity index (χ2n) is 6.66. The van der Waals surface area contributed by atoms with E-state index < -0.39 is 10.0 Å². The van der Waals surface area contributed by atoms with Crippen molar-refractivity contribution in [2.45, 2.75) is 18.7 Å². The van der Waals surface area contributed by atoms with Crippen LogP contribution in [0.5, 0.6) is 0 Å². The summed E-state index contributed by atoms with van der Waals surface area (Å²) in [6.45, 7) is 6.41. The van der Waals surface area contributed by atoms with E-state index in [0.29, 0.717) is 24.3 Å². The Labute approximate surface area is 160 Å². The summed E-state index contributed by atoms with van der Waals surface area (Å²) in [6, 6.07) is 12.4. The molecular weight excluding hydrogens is 364 g/mol. The number of morpholine rings is 1. The molecule has 1 aliphatic rings. The highest BCUT2D eigenvalue weighted by Gasteiger charge is 2.19. The maximum atomic E-state index is 12.5. The van der Waals surface area contributed by atoms with E-state index in [1.807, 2.05) is 19.1 Å². The molecule has 0 radical (unpaired) electrons. The molecular formula is C20H24N2O4S. The quantitative estimate of drug-likeness (QED) is 0.769. The average molecular weight is 388 g/mol. The maximum absolute atomic E-state index is 12.5. The van der Waals surface area contributed by atoms with Crippen molar-refractivity contribution in [1.82, 2.24) is 4.72 Å². The van der Waals surface area contributed by atoms with Gasteiger partial charge in [0, 0.05) is 24.3 Å². The first-order valence-corrected chi connectivity index (χ1v) is 10.4. The number of Topliss-reactive ketones (excluding diaryl/α,β-unsaturated/α-hetero) is 1. The number of nitrogens with one attached hydrogen (secondary N) is 1. The van der Waals surface area contributed by atoms with Crippen molar-refractivity contribution < 1.29 is 17.9 Å². The van der Waals surface area contributed by atoms with Gasteiger partial charge in [0.25, 0.3) is 0 Å². The van der Waals surface area contributed by atoms with Crippen LogP contribution in [0.15, 0.2) is 47.4 Å². The second kappa shape index (κ2) is 8.21. The molecule has 0 aromatic heterocycles. The summed E-state index contributed by atoms with van der Waals surface area (Å²) < 4.78 is 32.7. The summed E-state index contributed by atoms with van der Waals surface area (Å²) in [4.78, 5) is 14.8. The molecule has 0 amide bonds. The van der Waals surface area contributed by atoms with Crippen molar-refractivity contribution >= 4 is 21.5 Å². The fraction of sp³-hybridized carbons (Fsp3) is 0.350. The molecule has 1 heterocycles. The van der Waals surface area contributed by atoms with Crippen LogP contribution in [0.25, 0.3) is 0 Å². The highest BCUT2D eigenvalue weighted by Crippen LogP contribution is 2.18. The number of ketones is 1. The van der Waals surface area contributed by atoms with Gasteiger partial charge in [-0.25, -0.2) is 13.1 Å². The first kappa shape index (κ1) is 19.5. The molecule has 1 N–H and O–H groups in total. The van der Waals surface area contributed by atoms with Gasteiger partial charge in [-0.1, -0.05) is 17.7 Å². The first-order chi connectivity index (χ1) is 12.9. The van der Waals surface area contributed by atoms with Crippen LogP contribution >= 0.6 is 0 Å². The number of nitrogens with zero attached hydrogens (tertiary/aromatic N) is 1. The number of sulfonamides is 1. The molecule has 0 saturated carbocycles. The van der Waals surface area contributed by atoms with E-state index in [9.17, 15) is 13.2 Å². The fourth-order valence-electron chi connectivity index (χ4n) is 3.12. The van der Waals surface area contributed by atoms with Crippen LogP contribution in [-0.2, 0) is 14.8 Å². The average Bonchev–Trinajstić information content (AvgIpc) is 2.67. The van der Waals surface area contributed by atoms with Gasteiger partial charge >= 0.3 is 0 Å². The van der Waals surface area contributed by atoms with Crippen molar-refractivity contribution in [1.29, 1.82) is 0 Å². The zero-order valence-corrected chi connectivity index (χ0v) is 16.4. The Morgan fingerprint density at radius 3 is 2.37 bits per heavy atom. The molecule has 1 fully saturated rings. The number of anilines is 1. The highest BCUT2D eigenvalue weighted by molar-refractivity contribution is 7.89. The number of hydrogen-bond acceptors (Lipinski definition) is 5. The molecule has 3 rings (SSSR count). The van der Waals surface area contributed by atoms with Crippen molar-refractivity contribution in [2.75, 3.05) is 37.7 Å². The summed E-state index contributed by atoms with van der Waals surface area (Å²) in [5.41, 5.74) is 3.16. The lowest BCUT2D eigenvalue weighted by Gasteiger charge is -2.28. The molecule has 6 nitrogen and oxygen atoms in total. The van der Waals surface area contributed by atoms with Gasteiger partial charge in [-0.3, -0.25) is 4.79 Å². The van der Waals surface area contributed by atoms with E-state index in [-0.39, 0.29) is 17.2 Å². The molecule has 1 aliphatic heterocycles. The zero-order valence-electron chi connectivity index (χ0n) is 15.6. The Balaban J connectivity index is 1.64. The van der Waals surface area contributed by atoms with Crippen LogP contribution in [0.1, 0.15) is 21.5 Å². The third kappa shape index (κ3) is 4.74. The number of rotatable bonds is 6. The monoisotopic (exact) mass is 388 g/mol. The smallest absolute Gasteiger partial charge is 0.241 e. The third-order valence-corrected chi connectivity index (χ3v) is 6.17. The van der Waals surface area contributed by atoms with Crippen molar-refractivity contribution in [3.05, 3.63) is 59.2 Å². The molecule has 0 atom stereocenters. The molecule has 2 aromatic carbocycles. The van der Waals surface area contributed by atoms with Gasteiger partial charge in [0.15, 0.2) is 5.78 Å². The molecule has 144 valence electrons. The summed E-state index contributed by atoms with van der Waals surface area (Å²) in [5.74, 6) is -0.267. The number of carbonyl (C=O) groups is 1. The largest absolute Gasteiger partial charge is 0.378 e. The minimum absolute atomic E-state index is 0.198. The third-order valence-electron chi connectivity index (χ3n) is 4.61. The number of hydrogen-bond donors (Lipinski definition) is 1. The Morgan fingerprint density at radius 2 is 1.74 bits per heavy atom. The molecule has 0 unspecified atom stereocenters. The second-order valence-corrected chi connectivity index (χ2v) is 8.40.